The van der Waals surface area contributed by atoms with E-state index in [0.29, 0.717) is 12.1 Å². The maximum Gasteiger partial charge on any atom is 0.355 e. The van der Waals surface area contributed by atoms with Crippen LogP contribution in [0, 0.1) is 6.92 Å². The van der Waals surface area contributed by atoms with Crippen molar-refractivity contribution >= 4 is 22.8 Å². The fourth-order valence-corrected chi connectivity index (χ4v) is 2.73. The van der Waals surface area contributed by atoms with E-state index < -0.39 is 11.9 Å². The molecule has 1 aromatic heterocycles. The Balaban J connectivity index is 2.65. The lowest BCUT2D eigenvalue weighted by molar-refractivity contribution is -0.136. The third kappa shape index (κ3) is 2.77. The Morgan fingerprint density at radius 3 is 2.67 bits per heavy atom. The maximum atomic E-state index is 12.2. The molecular weight excluding hydrogens is 270 g/mol. The Bertz CT molecular complexity index is 700. The highest BCUT2D eigenvalue weighted by Crippen LogP contribution is 2.29. The van der Waals surface area contributed by atoms with Gasteiger partial charge in [0.2, 0.25) is 0 Å². The largest absolute Gasteiger partial charge is 0.481 e. The third-order valence-electron chi connectivity index (χ3n) is 3.58. The van der Waals surface area contributed by atoms with Crippen molar-refractivity contribution in [3.8, 4) is 0 Å². The van der Waals surface area contributed by atoms with Crippen LogP contribution in [0.1, 0.15) is 35.0 Å². The van der Waals surface area contributed by atoms with Crippen LogP contribution in [0.3, 0.4) is 0 Å². The molecule has 0 aliphatic heterocycles. The molecule has 1 heterocycles. The minimum absolute atomic E-state index is 0.0144. The minimum atomic E-state index is -0.880. The molecule has 2 aromatic rings. The van der Waals surface area contributed by atoms with Crippen LogP contribution in [0.15, 0.2) is 18.2 Å². The molecule has 0 saturated heterocycles. The monoisotopic (exact) mass is 289 g/mol. The number of esters is 1. The highest BCUT2D eigenvalue weighted by atomic mass is 16.5. The Hall–Kier alpha value is -2.30. The number of carboxylic acid groups (broad SMARTS) is 1. The fraction of sp³-hybridized carbons (Fsp3) is 0.375. The zero-order chi connectivity index (χ0) is 15.6. The van der Waals surface area contributed by atoms with Crippen molar-refractivity contribution in [3.05, 3.63) is 35.0 Å². The molecule has 0 radical (unpaired) electrons. The topological polar surface area (TPSA) is 68.5 Å². The van der Waals surface area contributed by atoms with E-state index >= 15 is 0 Å². The summed E-state index contributed by atoms with van der Waals surface area (Å²) in [5.41, 5.74) is 3.18. The molecule has 0 amide bonds. The summed E-state index contributed by atoms with van der Waals surface area (Å²) in [7, 11) is 1.81. The minimum Gasteiger partial charge on any atom is -0.481 e. The van der Waals surface area contributed by atoms with E-state index in [1.807, 2.05) is 32.2 Å². The van der Waals surface area contributed by atoms with Gasteiger partial charge in [-0.3, -0.25) is 4.79 Å². The van der Waals surface area contributed by atoms with E-state index in [1.54, 1.807) is 11.5 Å². The molecular formula is C16H19NO4. The Morgan fingerprint density at radius 1 is 1.33 bits per heavy atom. The molecule has 5 heteroatoms. The maximum absolute atomic E-state index is 12.2. The lowest BCUT2D eigenvalue weighted by Crippen LogP contribution is -2.13. The number of carboxylic acids is 1. The number of aromatic nitrogens is 1. The number of aryl methyl sites for hydroxylation is 3. The number of ether oxygens (including phenoxy) is 1. The third-order valence-corrected chi connectivity index (χ3v) is 3.58. The van der Waals surface area contributed by atoms with Crippen LogP contribution in [0.2, 0.25) is 0 Å². The number of para-hydroxylation sites is 1. The first-order valence-electron chi connectivity index (χ1n) is 6.93. The molecule has 0 saturated carbocycles. The van der Waals surface area contributed by atoms with E-state index in [1.165, 1.54) is 0 Å². The van der Waals surface area contributed by atoms with Gasteiger partial charge in [0.05, 0.1) is 12.1 Å². The molecule has 0 bridgehead atoms. The number of benzene rings is 1. The predicted octanol–water partition coefficient (Wildman–Crippen LogP) is 2.68. The number of carbonyl (C=O) groups excluding carboxylic acids is 1. The van der Waals surface area contributed by atoms with Gasteiger partial charge in [0, 0.05) is 18.9 Å². The van der Waals surface area contributed by atoms with Gasteiger partial charge >= 0.3 is 11.9 Å². The summed E-state index contributed by atoms with van der Waals surface area (Å²) in [6.07, 6.45) is 0.295. The standard InChI is InChI=1S/C16H19NO4/c1-4-21-16(20)15-12(8-9-13(18)19)11-7-5-6-10(2)14(11)17(15)3/h5-7H,4,8-9H2,1-3H3,(H,18,19). The number of nitrogens with zero attached hydrogens (tertiary/aromatic N) is 1. The van der Waals surface area contributed by atoms with Gasteiger partial charge in [-0.25, -0.2) is 4.79 Å². The number of hydrogen-bond donors (Lipinski definition) is 1. The van der Waals surface area contributed by atoms with Crippen LogP contribution in [0.4, 0.5) is 0 Å². The van der Waals surface area contributed by atoms with Crippen molar-refractivity contribution in [2.75, 3.05) is 6.61 Å². The number of fused-ring (bicyclic) bond motifs is 1. The van der Waals surface area contributed by atoms with Gasteiger partial charge in [0.25, 0.3) is 0 Å². The quantitative estimate of drug-likeness (QED) is 0.859. The molecule has 0 aliphatic rings. The van der Waals surface area contributed by atoms with Gasteiger partial charge in [-0.1, -0.05) is 18.2 Å². The van der Waals surface area contributed by atoms with Crippen LogP contribution in [0.25, 0.3) is 10.9 Å². The Labute approximate surface area is 123 Å². The zero-order valence-corrected chi connectivity index (χ0v) is 12.5. The van der Waals surface area contributed by atoms with E-state index in [-0.39, 0.29) is 13.0 Å². The molecule has 0 atom stereocenters. The molecule has 1 N–H and O–H groups in total. The Morgan fingerprint density at radius 2 is 2.05 bits per heavy atom. The molecule has 0 fully saturated rings. The molecule has 0 aliphatic carbocycles. The van der Waals surface area contributed by atoms with Gasteiger partial charge in [-0.15, -0.1) is 0 Å². The summed E-state index contributed by atoms with van der Waals surface area (Å²) in [6, 6.07) is 5.80. The first-order chi connectivity index (χ1) is 9.97. The fourth-order valence-electron chi connectivity index (χ4n) is 2.73. The van der Waals surface area contributed by atoms with Crippen molar-refractivity contribution in [1.29, 1.82) is 0 Å². The summed E-state index contributed by atoms with van der Waals surface area (Å²) in [4.78, 5) is 23.1. The number of carbonyl (C=O) groups is 2. The van der Waals surface area contributed by atoms with Gasteiger partial charge in [0.15, 0.2) is 0 Å². The first kappa shape index (κ1) is 15.1. The summed E-state index contributed by atoms with van der Waals surface area (Å²) < 4.78 is 6.92. The molecule has 5 nitrogen and oxygen atoms in total. The zero-order valence-electron chi connectivity index (χ0n) is 12.5. The molecule has 0 unspecified atom stereocenters. The molecule has 2 rings (SSSR count). The molecule has 0 spiro atoms. The van der Waals surface area contributed by atoms with Gasteiger partial charge in [-0.2, -0.15) is 0 Å². The SMILES string of the molecule is CCOC(=O)c1c(CCC(=O)O)c2cccc(C)c2n1C. The van der Waals surface area contributed by atoms with Crippen molar-refractivity contribution in [3.63, 3.8) is 0 Å². The first-order valence-corrected chi connectivity index (χ1v) is 6.93. The highest BCUT2D eigenvalue weighted by molar-refractivity contribution is 6.00. The van der Waals surface area contributed by atoms with E-state index in [0.717, 1.165) is 22.0 Å². The number of aliphatic carboxylic acids is 1. The van der Waals surface area contributed by atoms with Crippen LogP contribution >= 0.6 is 0 Å². The lowest BCUT2D eigenvalue weighted by Gasteiger charge is -2.07. The van der Waals surface area contributed by atoms with Crippen molar-refractivity contribution < 1.29 is 19.4 Å². The van der Waals surface area contributed by atoms with Gasteiger partial charge in [0.1, 0.15) is 5.69 Å². The second kappa shape index (κ2) is 5.99. The number of rotatable bonds is 5. The lowest BCUT2D eigenvalue weighted by atomic mass is 10.0. The van der Waals surface area contributed by atoms with Gasteiger partial charge in [-0.05, 0) is 31.4 Å². The smallest absolute Gasteiger partial charge is 0.355 e. The van der Waals surface area contributed by atoms with E-state index in [2.05, 4.69) is 0 Å². The van der Waals surface area contributed by atoms with E-state index in [9.17, 15) is 9.59 Å². The van der Waals surface area contributed by atoms with Gasteiger partial charge < -0.3 is 14.4 Å². The Kier molecular flexibility index (Phi) is 4.31. The average Bonchev–Trinajstić information content (AvgIpc) is 2.70. The van der Waals surface area contributed by atoms with Crippen molar-refractivity contribution in [2.24, 2.45) is 7.05 Å². The van der Waals surface area contributed by atoms with Crippen LogP contribution < -0.4 is 0 Å². The second-order valence-electron chi connectivity index (χ2n) is 4.97. The van der Waals surface area contributed by atoms with E-state index in [4.69, 9.17) is 9.84 Å². The summed E-state index contributed by atoms with van der Waals surface area (Å²) >= 11 is 0. The normalized spacial score (nSPS) is 10.8. The van der Waals surface area contributed by atoms with Crippen LogP contribution in [-0.4, -0.2) is 28.2 Å². The second-order valence-corrected chi connectivity index (χ2v) is 4.97. The van der Waals surface area contributed by atoms with Crippen LogP contribution in [0.5, 0.6) is 0 Å². The van der Waals surface area contributed by atoms with Crippen molar-refractivity contribution in [2.45, 2.75) is 26.7 Å². The highest BCUT2D eigenvalue weighted by Gasteiger charge is 2.23. The average molecular weight is 289 g/mol. The summed E-state index contributed by atoms with van der Waals surface area (Å²) in [5.74, 6) is -1.29. The summed E-state index contributed by atoms with van der Waals surface area (Å²) in [6.45, 7) is 4.01. The number of hydrogen-bond acceptors (Lipinski definition) is 3. The molecule has 21 heavy (non-hydrogen) atoms. The summed E-state index contributed by atoms with van der Waals surface area (Å²) in [5, 5.41) is 9.84. The van der Waals surface area contributed by atoms with Crippen molar-refractivity contribution in [1.82, 2.24) is 4.57 Å². The molecule has 1 aromatic carbocycles. The van der Waals surface area contributed by atoms with Crippen LogP contribution in [-0.2, 0) is 23.0 Å². The predicted molar refractivity (Wildman–Crippen MR) is 79.6 cm³/mol. The molecule has 112 valence electrons.